The molecule has 0 saturated heterocycles. The SMILES string of the molecule is CN=C(NCCCN1C(=O)COc2ccccc21)N(C)Cc1cc(Cl)cn1C.I. The fraction of sp³-hybridized carbons (Fsp3) is 0.400. The number of amides is 1. The van der Waals surface area contributed by atoms with Crippen molar-refractivity contribution in [2.24, 2.45) is 12.0 Å². The van der Waals surface area contributed by atoms with Gasteiger partial charge in [-0.15, -0.1) is 24.0 Å². The van der Waals surface area contributed by atoms with E-state index in [0.717, 1.165) is 34.5 Å². The Hall–Kier alpha value is -1.94. The Bertz CT molecular complexity index is 870. The van der Waals surface area contributed by atoms with Crippen LogP contribution in [0.3, 0.4) is 0 Å². The van der Waals surface area contributed by atoms with Gasteiger partial charge in [0.1, 0.15) is 5.75 Å². The Morgan fingerprint density at radius 1 is 1.38 bits per heavy atom. The average Bonchev–Trinajstić information content (AvgIpc) is 3.00. The first-order chi connectivity index (χ1) is 13.5. The lowest BCUT2D eigenvalue weighted by molar-refractivity contribution is -0.121. The van der Waals surface area contributed by atoms with E-state index in [9.17, 15) is 4.79 Å². The molecule has 0 atom stereocenters. The number of hydrogen-bond acceptors (Lipinski definition) is 3. The van der Waals surface area contributed by atoms with Crippen LogP contribution >= 0.6 is 35.6 Å². The zero-order valence-electron chi connectivity index (χ0n) is 16.9. The van der Waals surface area contributed by atoms with Crippen molar-refractivity contribution in [3.63, 3.8) is 0 Å². The number of halogens is 2. The van der Waals surface area contributed by atoms with Gasteiger partial charge in [-0.25, -0.2) is 0 Å². The number of aryl methyl sites for hydroxylation is 1. The largest absolute Gasteiger partial charge is 0.482 e. The maximum absolute atomic E-state index is 12.2. The Balaban J connectivity index is 0.00000300. The minimum absolute atomic E-state index is 0. The third-order valence-electron chi connectivity index (χ3n) is 4.70. The first kappa shape index (κ1) is 23.3. The number of aliphatic imine (C=N–C) groups is 1. The number of nitrogens with one attached hydrogen (secondary N) is 1. The monoisotopic (exact) mass is 531 g/mol. The van der Waals surface area contributed by atoms with E-state index in [0.29, 0.717) is 19.6 Å². The standard InChI is InChI=1S/C20H26ClN5O2.HI/c1-22-20(25(3)13-16-11-15(21)12-24(16)2)23-9-6-10-26-17-7-4-5-8-18(17)28-14-19(26)27;/h4-5,7-8,11-12H,6,9-10,13-14H2,1-3H3,(H,22,23);1H. The summed E-state index contributed by atoms with van der Waals surface area (Å²) in [4.78, 5) is 20.4. The number of benzene rings is 1. The van der Waals surface area contributed by atoms with Crippen molar-refractivity contribution in [2.45, 2.75) is 13.0 Å². The van der Waals surface area contributed by atoms with Gasteiger partial charge in [-0.05, 0) is 24.6 Å². The number of guanidine groups is 1. The van der Waals surface area contributed by atoms with Crippen LogP contribution in [0.4, 0.5) is 5.69 Å². The summed E-state index contributed by atoms with van der Waals surface area (Å²) in [5, 5.41) is 4.08. The van der Waals surface area contributed by atoms with Crippen LogP contribution in [0.5, 0.6) is 5.75 Å². The number of para-hydroxylation sites is 2. The topological polar surface area (TPSA) is 62.1 Å². The molecule has 0 fully saturated rings. The van der Waals surface area contributed by atoms with Gasteiger partial charge in [0.25, 0.3) is 5.91 Å². The second-order valence-electron chi connectivity index (χ2n) is 6.75. The fourth-order valence-corrected chi connectivity index (χ4v) is 3.53. The molecule has 3 rings (SSSR count). The number of hydrogen-bond donors (Lipinski definition) is 1. The average molecular weight is 532 g/mol. The molecular weight excluding hydrogens is 505 g/mol. The summed E-state index contributed by atoms with van der Waals surface area (Å²) < 4.78 is 7.49. The van der Waals surface area contributed by atoms with Gasteiger partial charge in [-0.1, -0.05) is 23.7 Å². The van der Waals surface area contributed by atoms with Gasteiger partial charge < -0.3 is 24.4 Å². The molecule has 2 heterocycles. The van der Waals surface area contributed by atoms with Crippen LogP contribution in [0.2, 0.25) is 5.02 Å². The van der Waals surface area contributed by atoms with E-state index in [1.807, 2.05) is 60.1 Å². The molecule has 0 spiro atoms. The van der Waals surface area contributed by atoms with Crippen molar-refractivity contribution >= 4 is 53.1 Å². The van der Waals surface area contributed by atoms with Gasteiger partial charge in [0.2, 0.25) is 0 Å². The van der Waals surface area contributed by atoms with E-state index < -0.39 is 0 Å². The van der Waals surface area contributed by atoms with Crippen molar-refractivity contribution in [2.75, 3.05) is 38.7 Å². The number of carbonyl (C=O) groups excluding carboxylic acids is 1. The second-order valence-corrected chi connectivity index (χ2v) is 7.18. The Morgan fingerprint density at radius 3 is 2.83 bits per heavy atom. The van der Waals surface area contributed by atoms with Gasteiger partial charge in [-0.3, -0.25) is 9.79 Å². The first-order valence-corrected chi connectivity index (χ1v) is 9.62. The Morgan fingerprint density at radius 2 is 2.14 bits per heavy atom. The summed E-state index contributed by atoms with van der Waals surface area (Å²) in [6.07, 6.45) is 2.68. The molecule has 0 aliphatic carbocycles. The van der Waals surface area contributed by atoms with Crippen molar-refractivity contribution in [3.8, 4) is 5.75 Å². The maximum atomic E-state index is 12.2. The number of carbonyl (C=O) groups is 1. The number of rotatable bonds is 6. The lowest BCUT2D eigenvalue weighted by atomic mass is 10.2. The molecule has 1 aliphatic rings. The summed E-state index contributed by atoms with van der Waals surface area (Å²) >= 11 is 6.06. The quantitative estimate of drug-likeness (QED) is 0.269. The molecular formula is C20H27ClIN5O2. The van der Waals surface area contributed by atoms with Crippen molar-refractivity contribution in [1.29, 1.82) is 0 Å². The smallest absolute Gasteiger partial charge is 0.265 e. The predicted molar refractivity (Wildman–Crippen MR) is 128 cm³/mol. The normalized spacial score (nSPS) is 13.4. The molecule has 0 bridgehead atoms. The fourth-order valence-electron chi connectivity index (χ4n) is 3.26. The van der Waals surface area contributed by atoms with Crippen LogP contribution in [0.1, 0.15) is 12.1 Å². The molecule has 2 aromatic rings. The lowest BCUT2D eigenvalue weighted by Gasteiger charge is -2.29. The van der Waals surface area contributed by atoms with Crippen LogP contribution in [0.15, 0.2) is 41.5 Å². The lowest BCUT2D eigenvalue weighted by Crippen LogP contribution is -2.42. The molecule has 0 unspecified atom stereocenters. The molecule has 1 aromatic heterocycles. The number of anilines is 1. The molecule has 9 heteroatoms. The van der Waals surface area contributed by atoms with E-state index >= 15 is 0 Å². The summed E-state index contributed by atoms with van der Waals surface area (Å²) in [5.74, 6) is 1.54. The van der Waals surface area contributed by atoms with Crippen LogP contribution in [-0.2, 0) is 18.4 Å². The zero-order valence-corrected chi connectivity index (χ0v) is 20.0. The van der Waals surface area contributed by atoms with Crippen molar-refractivity contribution in [1.82, 2.24) is 14.8 Å². The molecule has 0 saturated carbocycles. The Labute approximate surface area is 193 Å². The highest BCUT2D eigenvalue weighted by Crippen LogP contribution is 2.31. The zero-order chi connectivity index (χ0) is 20.1. The van der Waals surface area contributed by atoms with E-state index in [1.165, 1.54) is 0 Å². The molecule has 0 radical (unpaired) electrons. The van der Waals surface area contributed by atoms with Crippen LogP contribution < -0.4 is 15.0 Å². The van der Waals surface area contributed by atoms with E-state index in [-0.39, 0.29) is 36.5 Å². The van der Waals surface area contributed by atoms with E-state index in [4.69, 9.17) is 16.3 Å². The van der Waals surface area contributed by atoms with Crippen LogP contribution in [-0.4, -0.2) is 55.1 Å². The summed E-state index contributed by atoms with van der Waals surface area (Å²) in [5.41, 5.74) is 1.94. The number of fused-ring (bicyclic) bond motifs is 1. The van der Waals surface area contributed by atoms with Gasteiger partial charge in [0, 0.05) is 46.1 Å². The highest BCUT2D eigenvalue weighted by Gasteiger charge is 2.24. The van der Waals surface area contributed by atoms with E-state index in [1.54, 1.807) is 11.9 Å². The maximum Gasteiger partial charge on any atom is 0.265 e. The molecule has 1 aliphatic heterocycles. The first-order valence-electron chi connectivity index (χ1n) is 9.24. The minimum Gasteiger partial charge on any atom is -0.482 e. The Kier molecular flexibility index (Phi) is 8.63. The van der Waals surface area contributed by atoms with Gasteiger partial charge in [0.05, 0.1) is 17.3 Å². The predicted octanol–water partition coefficient (Wildman–Crippen LogP) is 3.12. The molecule has 1 amide bonds. The third-order valence-corrected chi connectivity index (χ3v) is 4.90. The second kappa shape index (κ2) is 10.7. The van der Waals surface area contributed by atoms with Gasteiger partial charge in [0.15, 0.2) is 12.6 Å². The number of nitrogens with zero attached hydrogens (tertiary/aromatic N) is 4. The molecule has 1 aromatic carbocycles. The minimum atomic E-state index is -0.0132. The van der Waals surface area contributed by atoms with E-state index in [2.05, 4.69) is 10.3 Å². The van der Waals surface area contributed by atoms with Crippen LogP contribution in [0, 0.1) is 0 Å². The highest BCUT2D eigenvalue weighted by molar-refractivity contribution is 14.0. The van der Waals surface area contributed by atoms with Gasteiger partial charge >= 0.3 is 0 Å². The van der Waals surface area contributed by atoms with Gasteiger partial charge in [-0.2, -0.15) is 0 Å². The summed E-state index contributed by atoms with van der Waals surface area (Å²) in [6, 6.07) is 9.58. The third kappa shape index (κ3) is 5.79. The van der Waals surface area contributed by atoms with Crippen molar-refractivity contribution in [3.05, 3.63) is 47.2 Å². The van der Waals surface area contributed by atoms with Crippen LogP contribution in [0.25, 0.3) is 0 Å². The molecule has 1 N–H and O–H groups in total. The molecule has 7 nitrogen and oxygen atoms in total. The van der Waals surface area contributed by atoms with Crippen molar-refractivity contribution < 1.29 is 9.53 Å². The number of aromatic nitrogens is 1. The highest BCUT2D eigenvalue weighted by atomic mass is 127. The summed E-state index contributed by atoms with van der Waals surface area (Å²) in [6.45, 7) is 2.12. The molecule has 29 heavy (non-hydrogen) atoms. The molecule has 158 valence electrons. The summed E-state index contributed by atoms with van der Waals surface area (Å²) in [7, 11) is 5.72. The number of ether oxygens (including phenoxy) is 1.